The second kappa shape index (κ2) is 5.16. The topological polar surface area (TPSA) is 29.9 Å². The third kappa shape index (κ3) is 2.64. The molecule has 2 rings (SSSR count). The van der Waals surface area contributed by atoms with Crippen molar-refractivity contribution in [3.63, 3.8) is 0 Å². The predicted molar refractivity (Wildman–Crippen MR) is 69.6 cm³/mol. The second-order valence-corrected chi connectivity index (χ2v) is 4.46. The van der Waals surface area contributed by atoms with Gasteiger partial charge in [-0.3, -0.25) is 4.68 Å². The molecule has 0 amide bonds. The summed E-state index contributed by atoms with van der Waals surface area (Å²) in [6.45, 7) is 3.85. The maximum absolute atomic E-state index is 4.15. The molecular formula is C12H14BrN3. The van der Waals surface area contributed by atoms with Crippen molar-refractivity contribution in [2.45, 2.75) is 13.5 Å². The first-order valence-corrected chi connectivity index (χ1v) is 6.03. The van der Waals surface area contributed by atoms with Crippen molar-refractivity contribution < 1.29 is 0 Å². The van der Waals surface area contributed by atoms with Gasteiger partial charge in [0, 0.05) is 29.1 Å². The van der Waals surface area contributed by atoms with E-state index in [1.807, 2.05) is 29.1 Å². The van der Waals surface area contributed by atoms with Gasteiger partial charge >= 0.3 is 0 Å². The second-order valence-electron chi connectivity index (χ2n) is 3.61. The van der Waals surface area contributed by atoms with Crippen molar-refractivity contribution in [3.8, 4) is 0 Å². The molecule has 0 aliphatic rings. The molecule has 0 atom stereocenters. The van der Waals surface area contributed by atoms with Crippen LogP contribution < -0.4 is 5.32 Å². The molecule has 1 heterocycles. The van der Waals surface area contributed by atoms with E-state index in [2.05, 4.69) is 39.3 Å². The minimum absolute atomic E-state index is 0.874. The summed E-state index contributed by atoms with van der Waals surface area (Å²) < 4.78 is 3.05. The molecule has 16 heavy (non-hydrogen) atoms. The van der Waals surface area contributed by atoms with Crippen LogP contribution in [0.5, 0.6) is 0 Å². The van der Waals surface area contributed by atoms with Crippen molar-refractivity contribution in [3.05, 3.63) is 46.7 Å². The quantitative estimate of drug-likeness (QED) is 0.932. The lowest BCUT2D eigenvalue weighted by Gasteiger charge is -2.10. The summed E-state index contributed by atoms with van der Waals surface area (Å²) in [6, 6.07) is 8.11. The Morgan fingerprint density at radius 1 is 1.38 bits per heavy atom. The molecule has 0 spiro atoms. The first-order chi connectivity index (χ1) is 7.77. The van der Waals surface area contributed by atoms with E-state index in [0.29, 0.717) is 0 Å². The molecule has 2 aromatic rings. The third-order valence-corrected chi connectivity index (χ3v) is 3.34. The minimum atomic E-state index is 0.874. The Bertz CT molecular complexity index is 451. The van der Waals surface area contributed by atoms with E-state index >= 15 is 0 Å². The standard InChI is InChI=1S/C12H14BrN3/c1-10-11(13)4-2-5-12(10)14-7-9-16-8-3-6-15-16/h2-6,8,14H,7,9H2,1H3. The summed E-state index contributed by atoms with van der Waals surface area (Å²) in [5.41, 5.74) is 2.41. The van der Waals surface area contributed by atoms with Crippen molar-refractivity contribution in [1.82, 2.24) is 9.78 Å². The van der Waals surface area contributed by atoms with Crippen LogP contribution in [0.4, 0.5) is 5.69 Å². The Kier molecular flexibility index (Phi) is 3.62. The lowest BCUT2D eigenvalue weighted by molar-refractivity contribution is 0.637. The predicted octanol–water partition coefficient (Wildman–Crippen LogP) is 3.07. The Morgan fingerprint density at radius 2 is 2.25 bits per heavy atom. The smallest absolute Gasteiger partial charge is 0.0582 e. The highest BCUT2D eigenvalue weighted by Crippen LogP contribution is 2.23. The zero-order valence-corrected chi connectivity index (χ0v) is 10.7. The molecule has 1 aromatic carbocycles. The fourth-order valence-electron chi connectivity index (χ4n) is 1.54. The normalized spacial score (nSPS) is 10.4. The summed E-state index contributed by atoms with van der Waals surface area (Å²) in [6.07, 6.45) is 3.76. The van der Waals surface area contributed by atoms with Crippen LogP contribution in [0, 0.1) is 6.92 Å². The maximum Gasteiger partial charge on any atom is 0.0582 e. The van der Waals surface area contributed by atoms with Gasteiger partial charge in [0.15, 0.2) is 0 Å². The Labute approximate surface area is 104 Å². The van der Waals surface area contributed by atoms with Gasteiger partial charge in [-0.15, -0.1) is 0 Å². The highest BCUT2D eigenvalue weighted by Gasteiger charge is 2.00. The van der Waals surface area contributed by atoms with Crippen LogP contribution in [0.2, 0.25) is 0 Å². The first-order valence-electron chi connectivity index (χ1n) is 5.24. The van der Waals surface area contributed by atoms with Crippen LogP contribution in [-0.4, -0.2) is 16.3 Å². The fourth-order valence-corrected chi connectivity index (χ4v) is 1.90. The lowest BCUT2D eigenvalue weighted by atomic mass is 10.2. The number of anilines is 1. The van der Waals surface area contributed by atoms with Gasteiger partial charge in [-0.1, -0.05) is 22.0 Å². The van der Waals surface area contributed by atoms with Crippen molar-refractivity contribution in [1.29, 1.82) is 0 Å². The monoisotopic (exact) mass is 279 g/mol. The molecule has 1 aromatic heterocycles. The Hall–Kier alpha value is -1.29. The number of nitrogens with one attached hydrogen (secondary N) is 1. The fraction of sp³-hybridized carbons (Fsp3) is 0.250. The number of benzene rings is 1. The minimum Gasteiger partial charge on any atom is -0.383 e. The number of rotatable bonds is 4. The highest BCUT2D eigenvalue weighted by atomic mass is 79.9. The van der Waals surface area contributed by atoms with E-state index in [9.17, 15) is 0 Å². The summed E-state index contributed by atoms with van der Waals surface area (Å²) in [5, 5.41) is 7.56. The molecular weight excluding hydrogens is 266 g/mol. The molecule has 0 radical (unpaired) electrons. The molecule has 1 N–H and O–H groups in total. The molecule has 0 saturated carbocycles. The van der Waals surface area contributed by atoms with Gasteiger partial charge in [0.25, 0.3) is 0 Å². The first kappa shape index (κ1) is 11.2. The van der Waals surface area contributed by atoms with Crippen molar-refractivity contribution >= 4 is 21.6 Å². The zero-order chi connectivity index (χ0) is 11.4. The van der Waals surface area contributed by atoms with Crippen LogP contribution in [0.1, 0.15) is 5.56 Å². The molecule has 4 heteroatoms. The van der Waals surface area contributed by atoms with E-state index in [1.54, 1.807) is 6.20 Å². The number of nitrogens with zero attached hydrogens (tertiary/aromatic N) is 2. The van der Waals surface area contributed by atoms with E-state index in [-0.39, 0.29) is 0 Å². The molecule has 0 saturated heterocycles. The average molecular weight is 280 g/mol. The van der Waals surface area contributed by atoms with Crippen molar-refractivity contribution in [2.24, 2.45) is 0 Å². The number of aromatic nitrogens is 2. The van der Waals surface area contributed by atoms with Gasteiger partial charge < -0.3 is 5.32 Å². The van der Waals surface area contributed by atoms with E-state index < -0.39 is 0 Å². The summed E-state index contributed by atoms with van der Waals surface area (Å²) >= 11 is 3.52. The van der Waals surface area contributed by atoms with Crippen LogP contribution in [0.25, 0.3) is 0 Å². The molecule has 84 valence electrons. The zero-order valence-electron chi connectivity index (χ0n) is 9.15. The molecule has 0 aliphatic carbocycles. The molecule has 0 unspecified atom stereocenters. The van der Waals surface area contributed by atoms with E-state index in [4.69, 9.17) is 0 Å². The lowest BCUT2D eigenvalue weighted by Crippen LogP contribution is -2.11. The summed E-state index contributed by atoms with van der Waals surface area (Å²) in [7, 11) is 0. The highest BCUT2D eigenvalue weighted by molar-refractivity contribution is 9.10. The molecule has 3 nitrogen and oxygen atoms in total. The van der Waals surface area contributed by atoms with Gasteiger partial charge in [0.05, 0.1) is 6.54 Å². The number of halogens is 1. The number of hydrogen-bond acceptors (Lipinski definition) is 2. The average Bonchev–Trinajstić information content (AvgIpc) is 2.77. The maximum atomic E-state index is 4.15. The van der Waals surface area contributed by atoms with Gasteiger partial charge in [0.2, 0.25) is 0 Å². The third-order valence-electron chi connectivity index (χ3n) is 2.48. The Balaban J connectivity index is 1.92. The van der Waals surface area contributed by atoms with Crippen LogP contribution in [0.3, 0.4) is 0 Å². The van der Waals surface area contributed by atoms with Crippen LogP contribution in [0.15, 0.2) is 41.1 Å². The van der Waals surface area contributed by atoms with Gasteiger partial charge in [0.1, 0.15) is 0 Å². The molecule has 0 bridgehead atoms. The summed E-state index contributed by atoms with van der Waals surface area (Å²) in [5.74, 6) is 0. The Morgan fingerprint density at radius 3 is 3.00 bits per heavy atom. The van der Waals surface area contributed by atoms with E-state index in [0.717, 1.165) is 17.6 Å². The van der Waals surface area contributed by atoms with Gasteiger partial charge in [-0.2, -0.15) is 5.10 Å². The van der Waals surface area contributed by atoms with Crippen LogP contribution >= 0.6 is 15.9 Å². The van der Waals surface area contributed by atoms with E-state index in [1.165, 1.54) is 11.3 Å². The van der Waals surface area contributed by atoms with Crippen LogP contribution in [-0.2, 0) is 6.54 Å². The molecule has 0 fully saturated rings. The van der Waals surface area contributed by atoms with Gasteiger partial charge in [-0.25, -0.2) is 0 Å². The number of hydrogen-bond donors (Lipinski definition) is 1. The van der Waals surface area contributed by atoms with Gasteiger partial charge in [-0.05, 0) is 30.7 Å². The SMILES string of the molecule is Cc1c(Br)cccc1NCCn1cccn1. The molecule has 0 aliphatic heterocycles. The van der Waals surface area contributed by atoms with Crippen molar-refractivity contribution in [2.75, 3.05) is 11.9 Å². The summed E-state index contributed by atoms with van der Waals surface area (Å²) in [4.78, 5) is 0. The largest absolute Gasteiger partial charge is 0.383 e.